The highest BCUT2D eigenvalue weighted by atomic mass is 19.4. The van der Waals surface area contributed by atoms with Crippen molar-refractivity contribution in [3.63, 3.8) is 0 Å². The summed E-state index contributed by atoms with van der Waals surface area (Å²) in [5.41, 5.74) is 1.10. The van der Waals surface area contributed by atoms with Crippen molar-refractivity contribution in [3.8, 4) is 11.3 Å². The lowest BCUT2D eigenvalue weighted by Crippen LogP contribution is -2.37. The van der Waals surface area contributed by atoms with Crippen molar-refractivity contribution in [2.45, 2.75) is 24.9 Å². The Bertz CT molecular complexity index is 736. The largest absolute Gasteiger partial charge is 0.416 e. The Morgan fingerprint density at radius 3 is 2.81 bits per heavy atom. The third kappa shape index (κ3) is 4.40. The first kappa shape index (κ1) is 18.8. The van der Waals surface area contributed by atoms with Crippen LogP contribution < -0.4 is 0 Å². The molecule has 0 N–H and O–H groups in total. The van der Waals surface area contributed by atoms with Crippen LogP contribution in [0.2, 0.25) is 0 Å². The second-order valence-corrected chi connectivity index (χ2v) is 6.50. The van der Waals surface area contributed by atoms with Gasteiger partial charge in [0.2, 0.25) is 0 Å². The molecule has 140 valence electrons. The quantitative estimate of drug-likeness (QED) is 0.803. The maximum atomic E-state index is 13.1. The maximum Gasteiger partial charge on any atom is 0.416 e. The van der Waals surface area contributed by atoms with Gasteiger partial charge in [-0.2, -0.15) is 13.2 Å². The number of nitrogens with zero attached hydrogens (tertiary/aromatic N) is 3. The van der Waals surface area contributed by atoms with E-state index in [4.69, 9.17) is 4.74 Å². The van der Waals surface area contributed by atoms with E-state index in [2.05, 4.69) is 14.9 Å². The van der Waals surface area contributed by atoms with Crippen LogP contribution in [0.4, 0.5) is 13.2 Å². The zero-order valence-corrected chi connectivity index (χ0v) is 14.7. The molecule has 0 saturated carbocycles. The van der Waals surface area contributed by atoms with E-state index in [1.807, 2.05) is 0 Å². The third-order valence-corrected chi connectivity index (χ3v) is 4.69. The van der Waals surface area contributed by atoms with Gasteiger partial charge in [0.1, 0.15) is 0 Å². The SMILES string of the molecule is COCCN1CCCC(c2nccnc2-c2cccc(C(F)(F)F)c2)C1. The highest BCUT2D eigenvalue weighted by Gasteiger charge is 2.31. The van der Waals surface area contributed by atoms with E-state index in [1.165, 1.54) is 12.3 Å². The first-order valence-electron chi connectivity index (χ1n) is 8.69. The molecule has 1 atom stereocenters. The molecule has 0 spiro atoms. The molecule has 1 unspecified atom stereocenters. The summed E-state index contributed by atoms with van der Waals surface area (Å²) < 4.78 is 44.3. The lowest BCUT2D eigenvalue weighted by atomic mass is 9.91. The molecule has 1 fully saturated rings. The number of halogens is 3. The van der Waals surface area contributed by atoms with Gasteiger partial charge in [0.25, 0.3) is 0 Å². The van der Waals surface area contributed by atoms with Crippen LogP contribution >= 0.6 is 0 Å². The number of likely N-dealkylation sites (tertiary alicyclic amines) is 1. The lowest BCUT2D eigenvalue weighted by molar-refractivity contribution is -0.137. The van der Waals surface area contributed by atoms with Gasteiger partial charge in [-0.3, -0.25) is 9.97 Å². The predicted molar refractivity (Wildman–Crippen MR) is 92.8 cm³/mol. The molecule has 0 amide bonds. The smallest absolute Gasteiger partial charge is 0.383 e. The molecule has 26 heavy (non-hydrogen) atoms. The molecule has 2 aromatic rings. The van der Waals surface area contributed by atoms with Gasteiger partial charge in [0, 0.05) is 44.1 Å². The summed E-state index contributed by atoms with van der Waals surface area (Å²) in [6.07, 6.45) is 0.743. The topological polar surface area (TPSA) is 38.2 Å². The Hall–Kier alpha value is -1.99. The zero-order valence-electron chi connectivity index (χ0n) is 14.7. The van der Waals surface area contributed by atoms with Gasteiger partial charge in [-0.05, 0) is 31.5 Å². The van der Waals surface area contributed by atoms with Gasteiger partial charge in [0.05, 0.1) is 23.6 Å². The molecule has 0 bridgehead atoms. The molecule has 1 aliphatic heterocycles. The van der Waals surface area contributed by atoms with E-state index in [0.29, 0.717) is 17.9 Å². The van der Waals surface area contributed by atoms with Gasteiger partial charge < -0.3 is 9.64 Å². The van der Waals surface area contributed by atoms with Crippen LogP contribution in [0.3, 0.4) is 0 Å². The average molecular weight is 365 g/mol. The summed E-state index contributed by atoms with van der Waals surface area (Å²) in [5.74, 6) is 0.152. The minimum atomic E-state index is -4.37. The normalized spacial score (nSPS) is 18.8. The number of ether oxygens (including phenoxy) is 1. The van der Waals surface area contributed by atoms with Crippen LogP contribution in [0.1, 0.15) is 30.0 Å². The molecule has 7 heteroatoms. The van der Waals surface area contributed by atoms with Crippen molar-refractivity contribution in [2.75, 3.05) is 33.4 Å². The number of hydrogen-bond donors (Lipinski definition) is 0. The van der Waals surface area contributed by atoms with Crippen molar-refractivity contribution in [3.05, 3.63) is 47.9 Å². The average Bonchev–Trinajstić information content (AvgIpc) is 2.66. The monoisotopic (exact) mass is 365 g/mol. The molecule has 0 aliphatic carbocycles. The summed E-state index contributed by atoms with van der Waals surface area (Å²) in [5, 5.41) is 0. The third-order valence-electron chi connectivity index (χ3n) is 4.69. The number of methoxy groups -OCH3 is 1. The molecule has 2 heterocycles. The van der Waals surface area contributed by atoms with Crippen molar-refractivity contribution < 1.29 is 17.9 Å². The molecule has 0 radical (unpaired) electrons. The Morgan fingerprint density at radius 1 is 1.23 bits per heavy atom. The van der Waals surface area contributed by atoms with Gasteiger partial charge in [-0.15, -0.1) is 0 Å². The summed E-state index contributed by atoms with van der Waals surface area (Å²) in [4.78, 5) is 11.2. The summed E-state index contributed by atoms with van der Waals surface area (Å²) >= 11 is 0. The van der Waals surface area contributed by atoms with Gasteiger partial charge in [0.15, 0.2) is 0 Å². The molecule has 3 rings (SSSR count). The van der Waals surface area contributed by atoms with Crippen molar-refractivity contribution in [1.82, 2.24) is 14.9 Å². The van der Waals surface area contributed by atoms with Crippen LogP contribution in [-0.2, 0) is 10.9 Å². The van der Waals surface area contributed by atoms with E-state index in [-0.39, 0.29) is 5.92 Å². The number of hydrogen-bond acceptors (Lipinski definition) is 4. The number of rotatable bonds is 5. The first-order valence-corrected chi connectivity index (χ1v) is 8.69. The minimum Gasteiger partial charge on any atom is -0.383 e. The molecule has 1 aromatic heterocycles. The van der Waals surface area contributed by atoms with Gasteiger partial charge in [-0.25, -0.2) is 0 Å². The highest BCUT2D eigenvalue weighted by Crippen LogP contribution is 2.35. The van der Waals surface area contributed by atoms with Gasteiger partial charge in [-0.1, -0.05) is 12.1 Å². The number of piperidine rings is 1. The predicted octanol–water partition coefficient (Wildman–Crippen LogP) is 3.99. The second kappa shape index (κ2) is 8.14. The Morgan fingerprint density at radius 2 is 2.04 bits per heavy atom. The van der Waals surface area contributed by atoms with Gasteiger partial charge >= 0.3 is 6.18 Å². The first-order chi connectivity index (χ1) is 12.5. The Kier molecular flexibility index (Phi) is 5.88. The maximum absolute atomic E-state index is 13.1. The van der Waals surface area contributed by atoms with Crippen molar-refractivity contribution in [1.29, 1.82) is 0 Å². The van der Waals surface area contributed by atoms with E-state index in [9.17, 15) is 13.2 Å². The fourth-order valence-electron chi connectivity index (χ4n) is 3.41. The van der Waals surface area contributed by atoms with Crippen LogP contribution in [0.25, 0.3) is 11.3 Å². The van der Waals surface area contributed by atoms with E-state index in [1.54, 1.807) is 19.4 Å². The fraction of sp³-hybridized carbons (Fsp3) is 0.474. The fourth-order valence-corrected chi connectivity index (χ4v) is 3.41. The highest BCUT2D eigenvalue weighted by molar-refractivity contribution is 5.63. The molecule has 1 aromatic carbocycles. The van der Waals surface area contributed by atoms with E-state index in [0.717, 1.165) is 50.3 Å². The van der Waals surface area contributed by atoms with Crippen LogP contribution in [0.15, 0.2) is 36.7 Å². The summed E-state index contributed by atoms with van der Waals surface area (Å²) in [6, 6.07) is 5.31. The number of benzene rings is 1. The minimum absolute atomic E-state index is 0.152. The Labute approximate surface area is 151 Å². The van der Waals surface area contributed by atoms with Crippen LogP contribution in [0, 0.1) is 0 Å². The molecule has 4 nitrogen and oxygen atoms in total. The van der Waals surface area contributed by atoms with E-state index >= 15 is 0 Å². The Balaban J connectivity index is 1.89. The van der Waals surface area contributed by atoms with Crippen molar-refractivity contribution >= 4 is 0 Å². The molecular formula is C19H22F3N3O. The van der Waals surface area contributed by atoms with Crippen LogP contribution in [0.5, 0.6) is 0 Å². The summed E-state index contributed by atoms with van der Waals surface area (Å²) in [6.45, 7) is 3.31. The van der Waals surface area contributed by atoms with E-state index < -0.39 is 11.7 Å². The number of aromatic nitrogens is 2. The zero-order chi connectivity index (χ0) is 18.6. The summed E-state index contributed by atoms with van der Waals surface area (Å²) in [7, 11) is 1.68. The van der Waals surface area contributed by atoms with Crippen LogP contribution in [-0.4, -0.2) is 48.2 Å². The second-order valence-electron chi connectivity index (χ2n) is 6.50. The standard InChI is InChI=1S/C19H22F3N3O/c1-26-11-10-25-9-3-5-15(13-25)18-17(23-7-8-24-18)14-4-2-6-16(12-14)19(20,21)22/h2,4,6-8,12,15H,3,5,9-11,13H2,1H3. The molecule has 1 aliphatic rings. The molecule has 1 saturated heterocycles. The number of alkyl halides is 3. The molecular weight excluding hydrogens is 343 g/mol. The lowest BCUT2D eigenvalue weighted by Gasteiger charge is -2.32. The van der Waals surface area contributed by atoms with Crippen molar-refractivity contribution in [2.24, 2.45) is 0 Å².